The fourth-order valence-corrected chi connectivity index (χ4v) is 2.82. The van der Waals surface area contributed by atoms with Crippen LogP contribution in [0.4, 0.5) is 5.82 Å². The first-order valence-corrected chi connectivity index (χ1v) is 8.17. The number of carbonyl (C=O) groups excluding carboxylic acids is 1. The highest BCUT2D eigenvalue weighted by molar-refractivity contribution is 6.30. The maximum atomic E-state index is 12.5. The van der Waals surface area contributed by atoms with Crippen molar-refractivity contribution in [3.63, 3.8) is 0 Å². The molecule has 0 saturated carbocycles. The first kappa shape index (κ1) is 17.0. The Morgan fingerprint density at radius 2 is 2.04 bits per heavy atom. The molecule has 0 atom stereocenters. The van der Waals surface area contributed by atoms with Crippen molar-refractivity contribution in [2.75, 3.05) is 12.4 Å². The normalized spacial score (nSPS) is 10.5. The number of nitrogens with one attached hydrogen (secondary N) is 1. The zero-order valence-electron chi connectivity index (χ0n) is 14.0. The van der Waals surface area contributed by atoms with Gasteiger partial charge in [-0.05, 0) is 36.8 Å². The molecule has 5 nitrogen and oxygen atoms in total. The fraction of sp³-hybridized carbons (Fsp3) is 0.158. The highest BCUT2D eigenvalue weighted by Gasteiger charge is 2.13. The van der Waals surface area contributed by atoms with E-state index in [1.807, 2.05) is 43.5 Å². The molecule has 6 heteroatoms. The Labute approximate surface area is 151 Å². The van der Waals surface area contributed by atoms with E-state index in [0.29, 0.717) is 28.7 Å². The zero-order valence-corrected chi connectivity index (χ0v) is 14.7. The second-order valence-corrected chi connectivity index (χ2v) is 6.05. The van der Waals surface area contributed by atoms with Crippen molar-refractivity contribution >= 4 is 23.3 Å². The molecule has 0 unspecified atom stereocenters. The summed E-state index contributed by atoms with van der Waals surface area (Å²) in [7, 11) is 1.58. The van der Waals surface area contributed by atoms with Gasteiger partial charge in [-0.25, -0.2) is 0 Å². The number of rotatable bonds is 5. The summed E-state index contributed by atoms with van der Waals surface area (Å²) in [6, 6.07) is 14.7. The Bertz CT molecular complexity index is 905. The van der Waals surface area contributed by atoms with Gasteiger partial charge in [-0.1, -0.05) is 29.8 Å². The average molecular weight is 356 g/mol. The van der Waals surface area contributed by atoms with Gasteiger partial charge in [0.15, 0.2) is 5.82 Å². The second-order valence-electron chi connectivity index (χ2n) is 5.62. The quantitative estimate of drug-likeness (QED) is 0.747. The lowest BCUT2D eigenvalue weighted by Gasteiger charge is -2.09. The molecule has 1 N–H and O–H groups in total. The van der Waals surface area contributed by atoms with Gasteiger partial charge in [-0.3, -0.25) is 9.48 Å². The molecule has 2 aromatic carbocycles. The van der Waals surface area contributed by atoms with Crippen LogP contribution in [0.25, 0.3) is 0 Å². The van der Waals surface area contributed by atoms with Crippen molar-refractivity contribution in [1.82, 2.24) is 9.78 Å². The number of nitrogens with zero attached hydrogens (tertiary/aromatic N) is 2. The molecule has 0 radical (unpaired) electrons. The van der Waals surface area contributed by atoms with E-state index >= 15 is 0 Å². The highest BCUT2D eigenvalue weighted by atomic mass is 35.5. The van der Waals surface area contributed by atoms with Crippen LogP contribution in [0.1, 0.15) is 21.5 Å². The number of ether oxygens (including phenoxy) is 1. The van der Waals surface area contributed by atoms with Crippen molar-refractivity contribution < 1.29 is 9.53 Å². The van der Waals surface area contributed by atoms with Crippen LogP contribution in [0.3, 0.4) is 0 Å². The number of hydrogen-bond donors (Lipinski definition) is 1. The van der Waals surface area contributed by atoms with E-state index in [9.17, 15) is 4.79 Å². The Morgan fingerprint density at radius 3 is 2.80 bits per heavy atom. The molecule has 1 amide bonds. The minimum atomic E-state index is -0.218. The van der Waals surface area contributed by atoms with Crippen LogP contribution in [0, 0.1) is 6.92 Å². The molecular formula is C19H18ClN3O2. The number of aromatic nitrogens is 2. The molecule has 3 aromatic rings. The maximum Gasteiger partial charge on any atom is 0.257 e. The highest BCUT2D eigenvalue weighted by Crippen LogP contribution is 2.21. The van der Waals surface area contributed by atoms with Gasteiger partial charge >= 0.3 is 0 Å². The number of halogens is 1. The number of amides is 1. The lowest BCUT2D eigenvalue weighted by molar-refractivity contribution is 0.102. The van der Waals surface area contributed by atoms with E-state index in [2.05, 4.69) is 10.4 Å². The van der Waals surface area contributed by atoms with Gasteiger partial charge in [-0.2, -0.15) is 5.10 Å². The smallest absolute Gasteiger partial charge is 0.257 e. The molecule has 0 spiro atoms. The molecule has 0 saturated heterocycles. The van der Waals surface area contributed by atoms with Crippen LogP contribution in [0.15, 0.2) is 54.7 Å². The number of carbonyl (C=O) groups is 1. The Hall–Kier alpha value is -2.79. The predicted molar refractivity (Wildman–Crippen MR) is 98.5 cm³/mol. The summed E-state index contributed by atoms with van der Waals surface area (Å²) in [5, 5.41) is 7.89. The topological polar surface area (TPSA) is 56.1 Å². The van der Waals surface area contributed by atoms with Gasteiger partial charge in [-0.15, -0.1) is 0 Å². The summed E-state index contributed by atoms with van der Waals surface area (Å²) in [5.74, 6) is 0.956. The monoisotopic (exact) mass is 355 g/mol. The first-order chi connectivity index (χ1) is 12.1. The van der Waals surface area contributed by atoms with Crippen LogP contribution in [-0.4, -0.2) is 22.8 Å². The van der Waals surface area contributed by atoms with E-state index in [4.69, 9.17) is 16.3 Å². The van der Waals surface area contributed by atoms with Gasteiger partial charge in [0, 0.05) is 28.4 Å². The minimum absolute atomic E-state index is 0.218. The second kappa shape index (κ2) is 7.40. The van der Waals surface area contributed by atoms with Gasteiger partial charge in [0.05, 0.1) is 13.7 Å². The van der Waals surface area contributed by atoms with Gasteiger partial charge < -0.3 is 10.1 Å². The molecule has 0 aliphatic carbocycles. The summed E-state index contributed by atoms with van der Waals surface area (Å²) in [4.78, 5) is 12.5. The fourth-order valence-electron chi connectivity index (χ4n) is 2.60. The predicted octanol–water partition coefficient (Wildman–Crippen LogP) is 4.15. The van der Waals surface area contributed by atoms with Gasteiger partial charge in [0.1, 0.15) is 5.75 Å². The summed E-state index contributed by atoms with van der Waals surface area (Å²) < 4.78 is 7.01. The van der Waals surface area contributed by atoms with Crippen LogP contribution >= 0.6 is 11.6 Å². The maximum absolute atomic E-state index is 12.5. The van der Waals surface area contributed by atoms with E-state index in [1.165, 1.54) is 0 Å². The SMILES string of the molecule is COc1cccc(C(=O)Nc2ccn(Cc3cccc(Cl)c3)n2)c1C. The molecule has 0 aliphatic heterocycles. The van der Waals surface area contributed by atoms with Crippen molar-refractivity contribution in [2.45, 2.75) is 13.5 Å². The van der Waals surface area contributed by atoms with E-state index < -0.39 is 0 Å². The lowest BCUT2D eigenvalue weighted by atomic mass is 10.1. The van der Waals surface area contributed by atoms with Gasteiger partial charge in [0.25, 0.3) is 5.91 Å². The van der Waals surface area contributed by atoms with Crippen molar-refractivity contribution in [3.05, 3.63) is 76.4 Å². The van der Waals surface area contributed by atoms with Crippen LogP contribution < -0.4 is 10.1 Å². The first-order valence-electron chi connectivity index (χ1n) is 7.79. The third kappa shape index (κ3) is 4.00. The van der Waals surface area contributed by atoms with E-state index in [1.54, 1.807) is 30.0 Å². The zero-order chi connectivity index (χ0) is 17.8. The third-order valence-corrected chi connectivity index (χ3v) is 4.10. The minimum Gasteiger partial charge on any atom is -0.496 e. The Morgan fingerprint density at radius 1 is 1.24 bits per heavy atom. The molecular weight excluding hydrogens is 338 g/mol. The van der Waals surface area contributed by atoms with Crippen molar-refractivity contribution in [2.24, 2.45) is 0 Å². The summed E-state index contributed by atoms with van der Waals surface area (Å²) >= 11 is 6.00. The molecule has 3 rings (SSSR count). The van der Waals surface area contributed by atoms with Crippen molar-refractivity contribution in [3.8, 4) is 5.75 Å². The Balaban J connectivity index is 1.72. The van der Waals surface area contributed by atoms with Crippen LogP contribution in [0.5, 0.6) is 5.75 Å². The largest absolute Gasteiger partial charge is 0.496 e. The van der Waals surface area contributed by atoms with Gasteiger partial charge in [0.2, 0.25) is 0 Å². The molecule has 25 heavy (non-hydrogen) atoms. The standard InChI is InChI=1S/C19H18ClN3O2/c1-13-16(7-4-8-17(13)25-2)19(24)21-18-9-10-23(22-18)12-14-5-3-6-15(20)11-14/h3-11H,12H2,1-2H3,(H,21,22,24). The van der Waals surface area contributed by atoms with E-state index in [0.717, 1.165) is 11.1 Å². The summed E-state index contributed by atoms with van der Waals surface area (Å²) in [5.41, 5.74) is 2.39. The molecule has 0 fully saturated rings. The van der Waals surface area contributed by atoms with Crippen molar-refractivity contribution in [1.29, 1.82) is 0 Å². The Kier molecular flexibility index (Phi) is 5.05. The average Bonchev–Trinajstić information content (AvgIpc) is 3.02. The molecule has 0 bridgehead atoms. The molecule has 1 heterocycles. The number of benzene rings is 2. The third-order valence-electron chi connectivity index (χ3n) is 3.86. The lowest BCUT2D eigenvalue weighted by Crippen LogP contribution is -2.14. The number of anilines is 1. The molecule has 128 valence electrons. The molecule has 1 aromatic heterocycles. The molecule has 0 aliphatic rings. The summed E-state index contributed by atoms with van der Waals surface area (Å²) in [6.07, 6.45) is 1.81. The van der Waals surface area contributed by atoms with Crippen LogP contribution in [-0.2, 0) is 6.54 Å². The summed E-state index contributed by atoms with van der Waals surface area (Å²) in [6.45, 7) is 2.43. The van der Waals surface area contributed by atoms with E-state index in [-0.39, 0.29) is 5.91 Å². The number of methoxy groups -OCH3 is 1. The van der Waals surface area contributed by atoms with Crippen LogP contribution in [0.2, 0.25) is 5.02 Å². The number of hydrogen-bond acceptors (Lipinski definition) is 3.